The number of nitrogens with zero attached hydrogens (tertiary/aromatic N) is 1. The number of hydrogen-bond donors (Lipinski definition) is 2. The van der Waals surface area contributed by atoms with Crippen LogP contribution in [0.15, 0.2) is 0 Å². The number of carbonyl (C=O) groups excluding carboxylic acids is 1. The summed E-state index contributed by atoms with van der Waals surface area (Å²) in [5.41, 5.74) is 0. The van der Waals surface area contributed by atoms with Crippen molar-refractivity contribution in [1.82, 2.24) is 10.2 Å². The highest BCUT2D eigenvalue weighted by Gasteiger charge is 2.29. The minimum atomic E-state index is -0.779. The summed E-state index contributed by atoms with van der Waals surface area (Å²) in [6, 6.07) is 0.293. The third-order valence-electron chi connectivity index (χ3n) is 3.14. The number of carbonyl (C=O) groups is 2. The summed E-state index contributed by atoms with van der Waals surface area (Å²) in [5.74, 6) is -0.207. The molecule has 0 aliphatic carbocycles. The quantitative estimate of drug-likeness (QED) is 0.721. The molecule has 0 aromatic carbocycles. The van der Waals surface area contributed by atoms with Crippen LogP contribution in [0.3, 0.4) is 0 Å². The number of nitrogens with one attached hydrogen (secondary N) is 1. The van der Waals surface area contributed by atoms with Crippen molar-refractivity contribution < 1.29 is 14.7 Å². The van der Waals surface area contributed by atoms with Gasteiger partial charge in [-0.1, -0.05) is 6.92 Å². The molecule has 2 atom stereocenters. The first-order valence-electron chi connectivity index (χ1n) is 6.27. The summed E-state index contributed by atoms with van der Waals surface area (Å²) < 4.78 is 0. The number of unbranched alkanes of at least 4 members (excludes halogenated alkanes) is 1. The second kappa shape index (κ2) is 6.47. The van der Waals surface area contributed by atoms with Gasteiger partial charge in [0.25, 0.3) is 0 Å². The molecule has 5 heteroatoms. The maximum absolute atomic E-state index is 11.8. The van der Waals surface area contributed by atoms with Crippen molar-refractivity contribution in [2.75, 3.05) is 13.1 Å². The summed E-state index contributed by atoms with van der Waals surface area (Å²) in [5, 5.41) is 11.3. The van der Waals surface area contributed by atoms with E-state index in [9.17, 15) is 9.59 Å². The lowest BCUT2D eigenvalue weighted by Gasteiger charge is -2.21. The number of rotatable bonds is 5. The average molecular weight is 242 g/mol. The van der Waals surface area contributed by atoms with Gasteiger partial charge in [-0.15, -0.1) is 0 Å². The Kier molecular flexibility index (Phi) is 5.25. The van der Waals surface area contributed by atoms with Crippen LogP contribution in [-0.2, 0) is 4.79 Å². The van der Waals surface area contributed by atoms with E-state index >= 15 is 0 Å². The van der Waals surface area contributed by atoms with Crippen LogP contribution in [-0.4, -0.2) is 41.1 Å². The monoisotopic (exact) mass is 242 g/mol. The van der Waals surface area contributed by atoms with E-state index in [4.69, 9.17) is 5.11 Å². The van der Waals surface area contributed by atoms with E-state index in [1.807, 2.05) is 4.90 Å². The smallest absolute Gasteiger partial charge is 0.317 e. The van der Waals surface area contributed by atoms with Gasteiger partial charge in [-0.05, 0) is 32.1 Å². The Morgan fingerprint density at radius 3 is 2.59 bits per heavy atom. The SMILES string of the molecule is CC1CC(C)N(C(=O)NCCCCC(=O)O)C1. The second-order valence-electron chi connectivity index (χ2n) is 4.93. The van der Waals surface area contributed by atoms with Crippen LogP contribution in [0, 0.1) is 5.92 Å². The number of likely N-dealkylation sites (tertiary alicyclic amines) is 1. The molecule has 0 saturated carbocycles. The highest BCUT2D eigenvalue weighted by atomic mass is 16.4. The van der Waals surface area contributed by atoms with E-state index in [1.165, 1.54) is 0 Å². The van der Waals surface area contributed by atoms with Crippen LogP contribution in [0.25, 0.3) is 0 Å². The molecule has 1 aliphatic rings. The number of aliphatic carboxylic acids is 1. The highest BCUT2D eigenvalue weighted by molar-refractivity contribution is 5.74. The van der Waals surface area contributed by atoms with E-state index in [1.54, 1.807) is 0 Å². The molecular formula is C12H22N2O3. The van der Waals surface area contributed by atoms with Gasteiger partial charge < -0.3 is 15.3 Å². The number of amides is 2. The summed E-state index contributed by atoms with van der Waals surface area (Å²) in [7, 11) is 0. The van der Waals surface area contributed by atoms with E-state index in [0.29, 0.717) is 24.9 Å². The van der Waals surface area contributed by atoms with Gasteiger partial charge in [0.15, 0.2) is 0 Å². The largest absolute Gasteiger partial charge is 0.481 e. The zero-order valence-electron chi connectivity index (χ0n) is 10.6. The van der Waals surface area contributed by atoms with Crippen molar-refractivity contribution >= 4 is 12.0 Å². The van der Waals surface area contributed by atoms with Crippen LogP contribution in [0.5, 0.6) is 0 Å². The summed E-state index contributed by atoms with van der Waals surface area (Å²) in [4.78, 5) is 23.9. The van der Waals surface area contributed by atoms with Gasteiger partial charge in [-0.2, -0.15) is 0 Å². The van der Waals surface area contributed by atoms with Crippen LogP contribution in [0.4, 0.5) is 4.79 Å². The maximum Gasteiger partial charge on any atom is 0.317 e. The summed E-state index contributed by atoms with van der Waals surface area (Å²) in [6.45, 7) is 5.59. The summed E-state index contributed by atoms with van der Waals surface area (Å²) >= 11 is 0. The van der Waals surface area contributed by atoms with Crippen LogP contribution < -0.4 is 5.32 Å². The Hall–Kier alpha value is -1.26. The molecule has 0 bridgehead atoms. The molecule has 98 valence electrons. The van der Waals surface area contributed by atoms with Gasteiger partial charge in [-0.3, -0.25) is 4.79 Å². The average Bonchev–Trinajstić information content (AvgIpc) is 2.56. The zero-order valence-corrected chi connectivity index (χ0v) is 10.6. The number of hydrogen-bond acceptors (Lipinski definition) is 2. The molecule has 5 nitrogen and oxygen atoms in total. The fourth-order valence-corrected chi connectivity index (χ4v) is 2.28. The highest BCUT2D eigenvalue weighted by Crippen LogP contribution is 2.21. The molecule has 2 N–H and O–H groups in total. The minimum Gasteiger partial charge on any atom is -0.481 e. The molecule has 0 aromatic heterocycles. The predicted octanol–water partition coefficient (Wildman–Crippen LogP) is 1.68. The topological polar surface area (TPSA) is 69.6 Å². The molecule has 17 heavy (non-hydrogen) atoms. The lowest BCUT2D eigenvalue weighted by atomic mass is 10.1. The first-order chi connectivity index (χ1) is 8.00. The van der Waals surface area contributed by atoms with Crippen molar-refractivity contribution in [3.05, 3.63) is 0 Å². The minimum absolute atomic E-state index is 0.0165. The lowest BCUT2D eigenvalue weighted by Crippen LogP contribution is -2.42. The number of urea groups is 1. The third-order valence-corrected chi connectivity index (χ3v) is 3.14. The molecule has 1 rings (SSSR count). The van der Waals surface area contributed by atoms with Crippen molar-refractivity contribution in [3.63, 3.8) is 0 Å². The van der Waals surface area contributed by atoms with E-state index in [0.717, 1.165) is 19.4 Å². The standard InChI is InChI=1S/C12H22N2O3/c1-9-7-10(2)14(8-9)12(17)13-6-4-3-5-11(15)16/h9-10H,3-8H2,1-2H3,(H,13,17)(H,15,16). The first kappa shape index (κ1) is 13.8. The Morgan fingerprint density at radius 2 is 2.06 bits per heavy atom. The van der Waals surface area contributed by atoms with Gasteiger partial charge in [0.05, 0.1) is 0 Å². The molecule has 1 heterocycles. The van der Waals surface area contributed by atoms with Crippen LogP contribution >= 0.6 is 0 Å². The molecule has 0 aromatic rings. The van der Waals surface area contributed by atoms with Gasteiger partial charge in [0.1, 0.15) is 0 Å². The van der Waals surface area contributed by atoms with Crippen LogP contribution in [0.2, 0.25) is 0 Å². The van der Waals surface area contributed by atoms with E-state index in [2.05, 4.69) is 19.2 Å². The van der Waals surface area contributed by atoms with Gasteiger partial charge in [0.2, 0.25) is 0 Å². The van der Waals surface area contributed by atoms with Crippen molar-refractivity contribution in [1.29, 1.82) is 0 Å². The third kappa shape index (κ3) is 4.63. The van der Waals surface area contributed by atoms with Crippen molar-refractivity contribution in [2.45, 2.75) is 45.6 Å². The van der Waals surface area contributed by atoms with Gasteiger partial charge >= 0.3 is 12.0 Å². The second-order valence-corrected chi connectivity index (χ2v) is 4.93. The molecular weight excluding hydrogens is 220 g/mol. The number of carboxylic acids is 1. The maximum atomic E-state index is 11.8. The fourth-order valence-electron chi connectivity index (χ4n) is 2.28. The van der Waals surface area contributed by atoms with Crippen molar-refractivity contribution in [2.24, 2.45) is 5.92 Å². The predicted molar refractivity (Wildman–Crippen MR) is 64.8 cm³/mol. The Morgan fingerprint density at radius 1 is 1.35 bits per heavy atom. The Bertz CT molecular complexity index is 281. The Labute approximate surface area is 102 Å². The molecule has 1 fully saturated rings. The van der Waals surface area contributed by atoms with Crippen LogP contribution in [0.1, 0.15) is 39.5 Å². The zero-order chi connectivity index (χ0) is 12.8. The number of carboxylic acid groups (broad SMARTS) is 1. The molecule has 2 unspecified atom stereocenters. The molecule has 0 radical (unpaired) electrons. The van der Waals surface area contributed by atoms with Gasteiger partial charge in [-0.25, -0.2) is 4.79 Å². The molecule has 0 spiro atoms. The molecule has 2 amide bonds. The molecule has 1 aliphatic heterocycles. The molecule has 1 saturated heterocycles. The van der Waals surface area contributed by atoms with Gasteiger partial charge in [0, 0.05) is 25.6 Å². The van der Waals surface area contributed by atoms with E-state index < -0.39 is 5.97 Å². The Balaban J connectivity index is 2.15. The normalized spacial score (nSPS) is 23.8. The summed E-state index contributed by atoms with van der Waals surface area (Å²) in [6.07, 6.45) is 2.57. The first-order valence-corrected chi connectivity index (χ1v) is 6.27. The van der Waals surface area contributed by atoms with E-state index in [-0.39, 0.29) is 12.5 Å². The lowest BCUT2D eigenvalue weighted by molar-refractivity contribution is -0.137. The fraction of sp³-hybridized carbons (Fsp3) is 0.833. The van der Waals surface area contributed by atoms with Crippen molar-refractivity contribution in [3.8, 4) is 0 Å².